The van der Waals surface area contributed by atoms with Crippen molar-refractivity contribution in [2.75, 3.05) is 53.0 Å². The van der Waals surface area contributed by atoms with Crippen molar-refractivity contribution in [1.82, 2.24) is 14.7 Å². The third-order valence-electron chi connectivity index (χ3n) is 4.04. The second-order valence-corrected chi connectivity index (χ2v) is 5.38. The first-order valence-electron chi connectivity index (χ1n) is 7.11. The number of hydrogen-bond acceptors (Lipinski definition) is 4. The Hall–Kier alpha value is -1.34. The van der Waals surface area contributed by atoms with Gasteiger partial charge in [-0.25, -0.2) is 4.79 Å². The molecule has 1 atom stereocenters. The largest absolute Gasteiger partial charge is 0.481 e. The Bertz CT molecular complexity index is 350. The van der Waals surface area contributed by atoms with E-state index in [1.807, 2.05) is 11.9 Å². The molecular formula is C13H23N3O4. The molecule has 2 fully saturated rings. The van der Waals surface area contributed by atoms with Gasteiger partial charge in [-0.1, -0.05) is 0 Å². The standard InChI is InChI=1S/C13H23N3O4/c1-14(11-3-9-20-10-11)13(19)16-7-5-15(6-8-16)4-2-12(17)18/h11H,2-10H2,1H3,(H,17,18). The third kappa shape index (κ3) is 3.83. The van der Waals surface area contributed by atoms with E-state index >= 15 is 0 Å². The Labute approximate surface area is 119 Å². The third-order valence-corrected chi connectivity index (χ3v) is 4.04. The molecule has 0 saturated carbocycles. The van der Waals surface area contributed by atoms with Crippen LogP contribution in [0.3, 0.4) is 0 Å². The number of carboxylic acids is 1. The Balaban J connectivity index is 1.75. The topological polar surface area (TPSA) is 73.3 Å². The first kappa shape index (κ1) is 15.1. The lowest BCUT2D eigenvalue weighted by Crippen LogP contribution is -2.54. The van der Waals surface area contributed by atoms with E-state index in [-0.39, 0.29) is 18.5 Å². The Morgan fingerprint density at radius 2 is 2.00 bits per heavy atom. The average molecular weight is 285 g/mol. The zero-order chi connectivity index (χ0) is 14.5. The van der Waals surface area contributed by atoms with Crippen LogP contribution in [0.15, 0.2) is 0 Å². The highest BCUT2D eigenvalue weighted by Gasteiger charge is 2.29. The summed E-state index contributed by atoms with van der Waals surface area (Å²) in [5.41, 5.74) is 0. The quantitative estimate of drug-likeness (QED) is 0.782. The van der Waals surface area contributed by atoms with Crippen LogP contribution in [0.1, 0.15) is 12.8 Å². The van der Waals surface area contributed by atoms with Gasteiger partial charge in [-0.05, 0) is 6.42 Å². The molecule has 1 unspecified atom stereocenters. The van der Waals surface area contributed by atoms with Crippen molar-refractivity contribution in [2.24, 2.45) is 0 Å². The maximum absolute atomic E-state index is 12.3. The van der Waals surface area contributed by atoms with Gasteiger partial charge in [-0.2, -0.15) is 0 Å². The van der Waals surface area contributed by atoms with Gasteiger partial charge in [0.05, 0.1) is 19.1 Å². The molecule has 0 radical (unpaired) electrons. The summed E-state index contributed by atoms with van der Waals surface area (Å²) >= 11 is 0. The number of carboxylic acid groups (broad SMARTS) is 1. The molecule has 1 N–H and O–H groups in total. The minimum absolute atomic E-state index is 0.0541. The highest BCUT2D eigenvalue weighted by atomic mass is 16.5. The van der Waals surface area contributed by atoms with Crippen LogP contribution in [-0.4, -0.2) is 90.8 Å². The lowest BCUT2D eigenvalue weighted by atomic mass is 10.2. The maximum Gasteiger partial charge on any atom is 0.320 e. The van der Waals surface area contributed by atoms with Gasteiger partial charge in [-0.3, -0.25) is 9.69 Å². The number of carbonyl (C=O) groups is 2. The fraction of sp³-hybridized carbons (Fsp3) is 0.846. The molecular weight excluding hydrogens is 262 g/mol. The molecule has 0 aromatic carbocycles. The van der Waals surface area contributed by atoms with Crippen molar-refractivity contribution in [2.45, 2.75) is 18.9 Å². The molecule has 2 aliphatic heterocycles. The number of ether oxygens (including phenoxy) is 1. The molecule has 7 nitrogen and oxygen atoms in total. The van der Waals surface area contributed by atoms with Gasteiger partial charge < -0.3 is 19.6 Å². The summed E-state index contributed by atoms with van der Waals surface area (Å²) in [7, 11) is 1.83. The average Bonchev–Trinajstić information content (AvgIpc) is 2.98. The molecule has 2 heterocycles. The summed E-state index contributed by atoms with van der Waals surface area (Å²) in [5, 5.41) is 8.67. The van der Waals surface area contributed by atoms with Crippen LogP contribution in [0.2, 0.25) is 0 Å². The number of piperazine rings is 1. The second kappa shape index (κ2) is 6.90. The van der Waals surface area contributed by atoms with Crippen molar-refractivity contribution in [3.05, 3.63) is 0 Å². The van der Waals surface area contributed by atoms with E-state index in [0.29, 0.717) is 26.2 Å². The van der Waals surface area contributed by atoms with Gasteiger partial charge in [0.25, 0.3) is 0 Å². The molecule has 2 saturated heterocycles. The summed E-state index contributed by atoms with van der Waals surface area (Å²) in [6, 6.07) is 0.242. The predicted octanol–water partition coefficient (Wildman–Crippen LogP) is -0.0806. The maximum atomic E-state index is 12.3. The van der Waals surface area contributed by atoms with Crippen molar-refractivity contribution in [1.29, 1.82) is 0 Å². The van der Waals surface area contributed by atoms with Crippen LogP contribution in [-0.2, 0) is 9.53 Å². The number of urea groups is 1. The number of amides is 2. The molecule has 0 bridgehead atoms. The van der Waals surface area contributed by atoms with Crippen LogP contribution in [0.5, 0.6) is 0 Å². The van der Waals surface area contributed by atoms with Gasteiger partial charge in [0.15, 0.2) is 0 Å². The minimum Gasteiger partial charge on any atom is -0.481 e. The van der Waals surface area contributed by atoms with E-state index in [4.69, 9.17) is 9.84 Å². The summed E-state index contributed by atoms with van der Waals surface area (Å²) < 4.78 is 5.31. The van der Waals surface area contributed by atoms with Crippen molar-refractivity contribution in [3.63, 3.8) is 0 Å². The number of rotatable bonds is 4. The molecule has 0 aromatic rings. The first-order valence-corrected chi connectivity index (χ1v) is 7.11. The van der Waals surface area contributed by atoms with Crippen LogP contribution >= 0.6 is 0 Å². The summed E-state index contributed by atoms with van der Waals surface area (Å²) in [5.74, 6) is -0.774. The number of carbonyl (C=O) groups excluding carboxylic acids is 1. The lowest BCUT2D eigenvalue weighted by molar-refractivity contribution is -0.137. The first-order chi connectivity index (χ1) is 9.58. The van der Waals surface area contributed by atoms with E-state index in [1.54, 1.807) is 4.90 Å². The molecule has 0 aromatic heterocycles. The number of aliphatic carboxylic acids is 1. The van der Waals surface area contributed by atoms with Crippen molar-refractivity contribution >= 4 is 12.0 Å². The highest BCUT2D eigenvalue weighted by Crippen LogP contribution is 2.14. The highest BCUT2D eigenvalue weighted by molar-refractivity contribution is 5.74. The normalized spacial score (nSPS) is 23.9. The molecule has 114 valence electrons. The molecule has 20 heavy (non-hydrogen) atoms. The number of hydrogen-bond donors (Lipinski definition) is 1. The summed E-state index contributed by atoms with van der Waals surface area (Å²) in [6.07, 6.45) is 1.06. The monoisotopic (exact) mass is 285 g/mol. The smallest absolute Gasteiger partial charge is 0.320 e. The molecule has 0 aliphatic carbocycles. The van der Waals surface area contributed by atoms with Crippen molar-refractivity contribution in [3.8, 4) is 0 Å². The van der Waals surface area contributed by atoms with Crippen LogP contribution in [0, 0.1) is 0 Å². The number of nitrogens with zero attached hydrogens (tertiary/aromatic N) is 3. The molecule has 2 aliphatic rings. The Morgan fingerprint density at radius 3 is 2.55 bits per heavy atom. The van der Waals surface area contributed by atoms with Gasteiger partial charge in [0, 0.05) is 46.4 Å². The summed E-state index contributed by atoms with van der Waals surface area (Å²) in [4.78, 5) is 28.6. The predicted molar refractivity (Wildman–Crippen MR) is 72.6 cm³/mol. The lowest BCUT2D eigenvalue weighted by Gasteiger charge is -2.37. The van der Waals surface area contributed by atoms with Gasteiger partial charge in [0.1, 0.15) is 0 Å². The van der Waals surface area contributed by atoms with Crippen LogP contribution in [0.4, 0.5) is 4.79 Å². The van der Waals surface area contributed by atoms with E-state index in [0.717, 1.165) is 26.1 Å². The SMILES string of the molecule is CN(C(=O)N1CCN(CCC(=O)O)CC1)C1CCOC1. The molecule has 0 spiro atoms. The van der Waals surface area contributed by atoms with E-state index < -0.39 is 5.97 Å². The molecule has 7 heteroatoms. The van der Waals surface area contributed by atoms with Crippen LogP contribution < -0.4 is 0 Å². The molecule has 2 amide bonds. The fourth-order valence-corrected chi connectivity index (χ4v) is 2.62. The van der Waals surface area contributed by atoms with Gasteiger partial charge >= 0.3 is 12.0 Å². The summed E-state index contributed by atoms with van der Waals surface area (Å²) in [6.45, 7) is 4.73. The Kier molecular flexibility index (Phi) is 5.19. The zero-order valence-corrected chi connectivity index (χ0v) is 12.0. The molecule has 2 rings (SSSR count). The van der Waals surface area contributed by atoms with Gasteiger partial charge in [0.2, 0.25) is 0 Å². The second-order valence-electron chi connectivity index (χ2n) is 5.38. The number of likely N-dealkylation sites (N-methyl/N-ethyl adjacent to an activating group) is 1. The minimum atomic E-state index is -0.774. The van der Waals surface area contributed by atoms with E-state index in [2.05, 4.69) is 4.90 Å². The zero-order valence-electron chi connectivity index (χ0n) is 12.0. The Morgan fingerprint density at radius 1 is 1.30 bits per heavy atom. The van der Waals surface area contributed by atoms with E-state index in [9.17, 15) is 9.59 Å². The van der Waals surface area contributed by atoms with Crippen molar-refractivity contribution < 1.29 is 19.4 Å². The fourth-order valence-electron chi connectivity index (χ4n) is 2.62. The van der Waals surface area contributed by atoms with Crippen LogP contribution in [0.25, 0.3) is 0 Å². The van der Waals surface area contributed by atoms with Gasteiger partial charge in [-0.15, -0.1) is 0 Å². The van der Waals surface area contributed by atoms with E-state index in [1.165, 1.54) is 0 Å².